The second-order valence-electron chi connectivity index (χ2n) is 4.61. The summed E-state index contributed by atoms with van der Waals surface area (Å²) in [5.74, 6) is 0.698. The Bertz CT molecular complexity index is 367. The Morgan fingerprint density at radius 3 is 2.82 bits per heavy atom. The smallest absolute Gasteiger partial charge is 0.0258 e. The van der Waals surface area contributed by atoms with Crippen LogP contribution in [-0.4, -0.2) is 23.9 Å². The van der Waals surface area contributed by atoms with Crippen LogP contribution < -0.4 is 0 Å². The van der Waals surface area contributed by atoms with Crippen LogP contribution in [0.15, 0.2) is 30.3 Å². The molecule has 0 N–H and O–H groups in total. The van der Waals surface area contributed by atoms with Crippen molar-refractivity contribution in [3.05, 3.63) is 41.5 Å². The molecular weight excluding hydrogens is 230 g/mol. The fourth-order valence-corrected chi connectivity index (χ4v) is 2.40. The van der Waals surface area contributed by atoms with Gasteiger partial charge in [0.1, 0.15) is 0 Å². The van der Waals surface area contributed by atoms with Crippen molar-refractivity contribution in [1.82, 2.24) is 4.90 Å². The molecular formula is C15H20ClN. The lowest BCUT2D eigenvalue weighted by molar-refractivity contribution is 0.331. The highest BCUT2D eigenvalue weighted by molar-refractivity contribution is 6.17. The van der Waals surface area contributed by atoms with Crippen LogP contribution in [0.3, 0.4) is 0 Å². The van der Waals surface area contributed by atoms with Crippen LogP contribution in [-0.2, 0) is 6.54 Å². The lowest BCUT2D eigenvalue weighted by Crippen LogP contribution is -2.18. The molecule has 0 bridgehead atoms. The van der Waals surface area contributed by atoms with E-state index in [-0.39, 0.29) is 0 Å². The molecule has 0 spiro atoms. The first-order valence-electron chi connectivity index (χ1n) is 6.42. The van der Waals surface area contributed by atoms with Gasteiger partial charge in [-0.05, 0) is 43.5 Å². The minimum Gasteiger partial charge on any atom is -0.299 e. The number of hydrogen-bond donors (Lipinski definition) is 0. The molecule has 1 nitrogen and oxygen atoms in total. The van der Waals surface area contributed by atoms with Crippen LogP contribution in [0.4, 0.5) is 0 Å². The van der Waals surface area contributed by atoms with Gasteiger partial charge in [0.2, 0.25) is 0 Å². The number of hydrogen-bond acceptors (Lipinski definition) is 1. The summed E-state index contributed by atoms with van der Waals surface area (Å²) in [4.78, 5) is 2.53. The van der Waals surface area contributed by atoms with Crippen LogP contribution in [0.5, 0.6) is 0 Å². The SMILES string of the molecule is ClCCC=Cc1cccc(CN2CCCC2)c1. The van der Waals surface area contributed by atoms with Gasteiger partial charge >= 0.3 is 0 Å². The van der Waals surface area contributed by atoms with Crippen molar-refractivity contribution >= 4 is 17.7 Å². The number of rotatable bonds is 5. The molecule has 1 aromatic rings. The van der Waals surface area contributed by atoms with Crippen LogP contribution in [0.25, 0.3) is 6.08 Å². The highest BCUT2D eigenvalue weighted by atomic mass is 35.5. The van der Waals surface area contributed by atoms with Gasteiger partial charge in [0.05, 0.1) is 0 Å². The first kappa shape index (κ1) is 12.7. The molecule has 0 aliphatic carbocycles. The lowest BCUT2D eigenvalue weighted by atomic mass is 10.1. The van der Waals surface area contributed by atoms with Gasteiger partial charge in [-0.1, -0.05) is 36.4 Å². The van der Waals surface area contributed by atoms with Crippen molar-refractivity contribution in [3.8, 4) is 0 Å². The Morgan fingerprint density at radius 2 is 2.06 bits per heavy atom. The maximum absolute atomic E-state index is 5.65. The topological polar surface area (TPSA) is 3.24 Å². The highest BCUT2D eigenvalue weighted by Crippen LogP contribution is 2.14. The first-order chi connectivity index (χ1) is 8.38. The van der Waals surface area contributed by atoms with Crippen LogP contribution in [0.2, 0.25) is 0 Å². The molecule has 92 valence electrons. The van der Waals surface area contributed by atoms with Gasteiger partial charge in [0.25, 0.3) is 0 Å². The standard InChI is InChI=1S/C15H20ClN/c16-9-2-1-6-14-7-5-8-15(12-14)13-17-10-3-4-11-17/h1,5-8,12H,2-4,9-11,13H2. The largest absolute Gasteiger partial charge is 0.299 e. The zero-order valence-electron chi connectivity index (χ0n) is 10.2. The predicted molar refractivity (Wildman–Crippen MR) is 75.3 cm³/mol. The summed E-state index contributed by atoms with van der Waals surface area (Å²) >= 11 is 5.65. The minimum atomic E-state index is 0.698. The third kappa shape index (κ3) is 4.18. The maximum atomic E-state index is 5.65. The monoisotopic (exact) mass is 249 g/mol. The fraction of sp³-hybridized carbons (Fsp3) is 0.467. The molecule has 17 heavy (non-hydrogen) atoms. The fourth-order valence-electron chi connectivity index (χ4n) is 2.28. The van der Waals surface area contributed by atoms with Gasteiger partial charge < -0.3 is 0 Å². The normalized spacial score (nSPS) is 17.0. The molecule has 1 aliphatic rings. The Hall–Kier alpha value is -0.790. The van der Waals surface area contributed by atoms with Gasteiger partial charge in [-0.25, -0.2) is 0 Å². The lowest BCUT2D eigenvalue weighted by Gasteiger charge is -2.14. The number of likely N-dealkylation sites (tertiary alicyclic amines) is 1. The van der Waals surface area contributed by atoms with E-state index in [1.807, 2.05) is 0 Å². The van der Waals surface area contributed by atoms with Crippen molar-refractivity contribution in [3.63, 3.8) is 0 Å². The molecule has 0 radical (unpaired) electrons. The number of alkyl halides is 1. The van der Waals surface area contributed by atoms with Crippen molar-refractivity contribution in [1.29, 1.82) is 0 Å². The molecule has 1 heterocycles. The highest BCUT2D eigenvalue weighted by Gasteiger charge is 2.11. The molecule has 0 saturated carbocycles. The van der Waals surface area contributed by atoms with Crippen LogP contribution >= 0.6 is 11.6 Å². The minimum absolute atomic E-state index is 0.698. The molecule has 0 atom stereocenters. The van der Waals surface area contributed by atoms with E-state index in [0.717, 1.165) is 13.0 Å². The van der Waals surface area contributed by atoms with E-state index in [2.05, 4.69) is 41.3 Å². The van der Waals surface area contributed by atoms with Gasteiger partial charge in [0.15, 0.2) is 0 Å². The van der Waals surface area contributed by atoms with Gasteiger partial charge in [0, 0.05) is 12.4 Å². The second-order valence-corrected chi connectivity index (χ2v) is 4.99. The molecule has 1 saturated heterocycles. The zero-order chi connectivity index (χ0) is 11.9. The molecule has 0 amide bonds. The van der Waals surface area contributed by atoms with E-state index in [1.165, 1.54) is 37.1 Å². The Morgan fingerprint density at radius 1 is 1.24 bits per heavy atom. The summed E-state index contributed by atoms with van der Waals surface area (Å²) in [7, 11) is 0. The first-order valence-corrected chi connectivity index (χ1v) is 6.96. The molecule has 1 aliphatic heterocycles. The summed E-state index contributed by atoms with van der Waals surface area (Å²) in [5, 5.41) is 0. The number of allylic oxidation sites excluding steroid dienone is 1. The Balaban J connectivity index is 1.95. The van der Waals surface area contributed by atoms with Crippen molar-refractivity contribution in [2.24, 2.45) is 0 Å². The van der Waals surface area contributed by atoms with E-state index in [9.17, 15) is 0 Å². The second kappa shape index (κ2) is 6.83. The number of benzene rings is 1. The molecule has 0 aromatic heterocycles. The quantitative estimate of drug-likeness (QED) is 0.715. The molecule has 1 fully saturated rings. The van der Waals surface area contributed by atoms with E-state index < -0.39 is 0 Å². The van der Waals surface area contributed by atoms with Crippen molar-refractivity contribution in [2.45, 2.75) is 25.8 Å². The van der Waals surface area contributed by atoms with Crippen LogP contribution in [0.1, 0.15) is 30.4 Å². The van der Waals surface area contributed by atoms with Crippen LogP contribution in [0, 0.1) is 0 Å². The average molecular weight is 250 g/mol. The van der Waals surface area contributed by atoms with Gasteiger partial charge in [-0.15, -0.1) is 11.6 Å². The molecule has 2 rings (SSSR count). The van der Waals surface area contributed by atoms with Crippen molar-refractivity contribution in [2.75, 3.05) is 19.0 Å². The maximum Gasteiger partial charge on any atom is 0.0258 e. The third-order valence-corrected chi connectivity index (χ3v) is 3.36. The molecule has 2 heteroatoms. The van der Waals surface area contributed by atoms with E-state index in [4.69, 9.17) is 11.6 Å². The Kier molecular flexibility index (Phi) is 5.08. The summed E-state index contributed by atoms with van der Waals surface area (Å²) < 4.78 is 0. The molecule has 0 unspecified atom stereocenters. The summed E-state index contributed by atoms with van der Waals surface area (Å²) in [5.41, 5.74) is 2.70. The van der Waals surface area contributed by atoms with Gasteiger partial charge in [-0.2, -0.15) is 0 Å². The van der Waals surface area contributed by atoms with Crippen molar-refractivity contribution < 1.29 is 0 Å². The summed E-state index contributed by atoms with van der Waals surface area (Å²) in [6, 6.07) is 8.80. The van der Waals surface area contributed by atoms with E-state index in [0.29, 0.717) is 5.88 Å². The molecule has 1 aromatic carbocycles. The summed E-state index contributed by atoms with van der Waals surface area (Å²) in [6.07, 6.45) is 7.96. The number of halogens is 1. The Labute approximate surface area is 109 Å². The van der Waals surface area contributed by atoms with E-state index >= 15 is 0 Å². The van der Waals surface area contributed by atoms with Gasteiger partial charge in [-0.3, -0.25) is 4.90 Å². The zero-order valence-corrected chi connectivity index (χ0v) is 11.0. The average Bonchev–Trinajstić information content (AvgIpc) is 2.83. The number of nitrogens with zero attached hydrogens (tertiary/aromatic N) is 1. The predicted octanol–water partition coefficient (Wildman–Crippen LogP) is 3.92. The summed E-state index contributed by atoms with van der Waals surface area (Å²) in [6.45, 7) is 3.61. The third-order valence-electron chi connectivity index (χ3n) is 3.14. The van der Waals surface area contributed by atoms with E-state index in [1.54, 1.807) is 0 Å².